The van der Waals surface area contributed by atoms with Crippen molar-refractivity contribution in [2.45, 2.75) is 33.6 Å². The lowest BCUT2D eigenvalue weighted by atomic mass is 10.2. The van der Waals surface area contributed by atoms with E-state index in [0.717, 1.165) is 18.9 Å². The largest absolute Gasteiger partial charge is 0.455 e. The molecule has 0 aliphatic heterocycles. The molecule has 0 saturated carbocycles. The molecule has 0 aliphatic rings. The number of carbonyl (C=O) groups excluding carboxylic acids is 1. The average Bonchev–Trinajstić information content (AvgIpc) is 1.63. The molecule has 2 heteroatoms. The maximum Gasteiger partial charge on any atom is 0.303 e. The molecule has 0 aromatic carbocycles. The Hall–Kier alpha value is -0.530. The number of rotatable bonds is 3. The van der Waals surface area contributed by atoms with Crippen molar-refractivity contribution in [3.63, 3.8) is 0 Å². The van der Waals surface area contributed by atoms with Crippen LogP contribution in [0.4, 0.5) is 0 Å². The molecule has 0 saturated heterocycles. The zero-order valence-corrected chi connectivity index (χ0v) is 6.23. The van der Waals surface area contributed by atoms with Crippen molar-refractivity contribution in [1.82, 2.24) is 0 Å². The summed E-state index contributed by atoms with van der Waals surface area (Å²) in [4.78, 5) is 10.3. The Labute approximate surface area is 56.2 Å². The molecule has 0 bridgehead atoms. The highest BCUT2D eigenvalue weighted by Gasteiger charge is 2.03. The van der Waals surface area contributed by atoms with Crippen LogP contribution in [0.2, 0.25) is 0 Å². The van der Waals surface area contributed by atoms with Crippen molar-refractivity contribution in [2.75, 3.05) is 0 Å². The number of hydrogen-bond donors (Lipinski definition) is 0. The third kappa shape index (κ3) is 5.34. The second-order valence-corrected chi connectivity index (χ2v) is 2.05. The summed E-state index contributed by atoms with van der Waals surface area (Å²) in [7, 11) is 0. The van der Waals surface area contributed by atoms with Gasteiger partial charge in [-0.05, 0) is 13.3 Å². The zero-order chi connectivity index (χ0) is 7.28. The molecule has 1 radical (unpaired) electrons. The molecule has 0 rings (SSSR count). The van der Waals surface area contributed by atoms with E-state index in [4.69, 9.17) is 4.74 Å². The fraction of sp³-hybridized carbons (Fsp3) is 0.714. The Morgan fingerprint density at radius 3 is 2.33 bits per heavy atom. The van der Waals surface area contributed by atoms with Crippen LogP contribution in [-0.4, -0.2) is 5.97 Å². The van der Waals surface area contributed by atoms with E-state index in [-0.39, 0.29) is 5.97 Å². The molecule has 0 fully saturated rings. The van der Waals surface area contributed by atoms with Gasteiger partial charge in [-0.3, -0.25) is 4.79 Å². The average molecular weight is 129 g/mol. The van der Waals surface area contributed by atoms with Gasteiger partial charge in [-0.1, -0.05) is 13.3 Å². The minimum absolute atomic E-state index is 0.221. The molecular formula is C7H13O2. The van der Waals surface area contributed by atoms with E-state index in [0.29, 0.717) is 0 Å². The van der Waals surface area contributed by atoms with Crippen molar-refractivity contribution in [3.05, 3.63) is 6.10 Å². The van der Waals surface area contributed by atoms with Crippen molar-refractivity contribution < 1.29 is 9.53 Å². The maximum atomic E-state index is 10.3. The molecule has 0 amide bonds. The third-order valence-corrected chi connectivity index (χ3v) is 0.920. The van der Waals surface area contributed by atoms with Gasteiger partial charge in [-0.25, -0.2) is 0 Å². The van der Waals surface area contributed by atoms with Crippen LogP contribution in [0, 0.1) is 6.10 Å². The van der Waals surface area contributed by atoms with Gasteiger partial charge in [0, 0.05) is 6.92 Å². The summed E-state index contributed by atoms with van der Waals surface area (Å²) >= 11 is 0. The van der Waals surface area contributed by atoms with E-state index >= 15 is 0 Å². The lowest BCUT2D eigenvalue weighted by Crippen LogP contribution is -2.03. The third-order valence-electron chi connectivity index (χ3n) is 0.920. The van der Waals surface area contributed by atoms with E-state index in [1.807, 2.05) is 13.8 Å². The van der Waals surface area contributed by atoms with Gasteiger partial charge >= 0.3 is 5.97 Å². The van der Waals surface area contributed by atoms with Gasteiger partial charge < -0.3 is 4.74 Å². The summed E-state index contributed by atoms with van der Waals surface area (Å²) in [6.45, 7) is 5.29. The van der Waals surface area contributed by atoms with Gasteiger partial charge in [0.05, 0.1) is 0 Å². The lowest BCUT2D eigenvalue weighted by molar-refractivity contribution is -0.140. The van der Waals surface area contributed by atoms with Crippen molar-refractivity contribution in [3.8, 4) is 0 Å². The molecule has 2 nitrogen and oxygen atoms in total. The Morgan fingerprint density at radius 2 is 2.00 bits per heavy atom. The Balaban J connectivity index is 3.26. The number of ether oxygens (including phenoxy) is 1. The molecule has 0 atom stereocenters. The first kappa shape index (κ1) is 8.47. The van der Waals surface area contributed by atoms with E-state index in [9.17, 15) is 4.79 Å². The predicted octanol–water partition coefficient (Wildman–Crippen LogP) is 1.90. The first-order chi connectivity index (χ1) is 4.16. The minimum atomic E-state index is -0.221. The molecule has 9 heavy (non-hydrogen) atoms. The summed E-state index contributed by atoms with van der Waals surface area (Å²) in [5.74, 6) is -0.221. The molecular weight excluding hydrogens is 116 g/mol. The first-order valence-electron chi connectivity index (χ1n) is 3.17. The Kier molecular flexibility index (Phi) is 4.10. The molecule has 0 aliphatic carbocycles. The standard InChI is InChI=1S/C7H13O2/c1-4-5-6(2)9-7(3)8/h4-5H2,1-3H3. The van der Waals surface area contributed by atoms with Crippen LogP contribution >= 0.6 is 0 Å². The first-order valence-corrected chi connectivity index (χ1v) is 3.17. The number of carbonyl (C=O) groups is 1. The van der Waals surface area contributed by atoms with Gasteiger partial charge in [0.15, 0.2) is 0 Å². The SMILES string of the molecule is CCC[C](C)OC(C)=O. The van der Waals surface area contributed by atoms with E-state index in [1.165, 1.54) is 6.92 Å². The van der Waals surface area contributed by atoms with Crippen molar-refractivity contribution in [2.24, 2.45) is 0 Å². The van der Waals surface area contributed by atoms with Crippen LogP contribution < -0.4 is 0 Å². The predicted molar refractivity (Wildman–Crippen MR) is 35.6 cm³/mol. The second-order valence-electron chi connectivity index (χ2n) is 2.05. The van der Waals surface area contributed by atoms with Gasteiger partial charge in [-0.15, -0.1) is 0 Å². The van der Waals surface area contributed by atoms with E-state index < -0.39 is 0 Å². The van der Waals surface area contributed by atoms with Crippen molar-refractivity contribution in [1.29, 1.82) is 0 Å². The zero-order valence-electron chi connectivity index (χ0n) is 6.23. The van der Waals surface area contributed by atoms with Gasteiger partial charge in [0.1, 0.15) is 6.10 Å². The van der Waals surface area contributed by atoms with Crippen LogP contribution in [0.1, 0.15) is 33.6 Å². The fourth-order valence-electron chi connectivity index (χ4n) is 0.648. The summed E-state index contributed by atoms with van der Waals surface area (Å²) < 4.78 is 4.77. The summed E-state index contributed by atoms with van der Waals surface area (Å²) in [5, 5.41) is 0. The summed E-state index contributed by atoms with van der Waals surface area (Å²) in [6.07, 6.45) is 2.71. The van der Waals surface area contributed by atoms with E-state index in [1.54, 1.807) is 0 Å². The molecule has 0 unspecified atom stereocenters. The monoisotopic (exact) mass is 129 g/mol. The normalized spacial score (nSPS) is 9.78. The molecule has 0 heterocycles. The number of hydrogen-bond acceptors (Lipinski definition) is 2. The molecule has 0 aromatic heterocycles. The smallest absolute Gasteiger partial charge is 0.303 e. The van der Waals surface area contributed by atoms with E-state index in [2.05, 4.69) is 0 Å². The second kappa shape index (κ2) is 4.36. The highest BCUT2D eigenvalue weighted by Crippen LogP contribution is 2.08. The Bertz CT molecular complexity index is 88.9. The van der Waals surface area contributed by atoms with Crippen LogP contribution in [0.3, 0.4) is 0 Å². The fourth-order valence-corrected chi connectivity index (χ4v) is 0.648. The molecule has 0 spiro atoms. The summed E-state index contributed by atoms with van der Waals surface area (Å²) in [6, 6.07) is 0. The Morgan fingerprint density at radius 1 is 1.44 bits per heavy atom. The van der Waals surface area contributed by atoms with Gasteiger partial charge in [-0.2, -0.15) is 0 Å². The minimum Gasteiger partial charge on any atom is -0.455 e. The van der Waals surface area contributed by atoms with Gasteiger partial charge in [0.2, 0.25) is 0 Å². The van der Waals surface area contributed by atoms with Crippen LogP contribution in [0.25, 0.3) is 0 Å². The highest BCUT2D eigenvalue weighted by atomic mass is 16.5. The van der Waals surface area contributed by atoms with Crippen LogP contribution in [-0.2, 0) is 9.53 Å². The highest BCUT2D eigenvalue weighted by molar-refractivity contribution is 5.66. The molecule has 0 N–H and O–H groups in total. The van der Waals surface area contributed by atoms with Crippen LogP contribution in [0.5, 0.6) is 0 Å². The van der Waals surface area contributed by atoms with Crippen molar-refractivity contribution >= 4 is 5.97 Å². The molecule has 53 valence electrons. The van der Waals surface area contributed by atoms with Crippen LogP contribution in [0.15, 0.2) is 0 Å². The summed E-state index contributed by atoms with van der Waals surface area (Å²) in [5.41, 5.74) is 0. The number of esters is 1. The van der Waals surface area contributed by atoms with Gasteiger partial charge in [0.25, 0.3) is 0 Å². The molecule has 0 aromatic rings. The topological polar surface area (TPSA) is 26.3 Å². The quantitative estimate of drug-likeness (QED) is 0.544. The maximum absolute atomic E-state index is 10.3. The lowest BCUT2D eigenvalue weighted by Gasteiger charge is -2.06.